The topological polar surface area (TPSA) is 55.1 Å². The van der Waals surface area contributed by atoms with Gasteiger partial charge in [0.25, 0.3) is 0 Å². The van der Waals surface area contributed by atoms with Crippen molar-refractivity contribution >= 4 is 17.3 Å². The number of carbonyl (C=O) groups excluding carboxylic acids is 1. The molecule has 5 heteroatoms. The molecule has 0 unspecified atom stereocenters. The van der Waals surface area contributed by atoms with Gasteiger partial charge in [0.2, 0.25) is 5.91 Å². The Morgan fingerprint density at radius 2 is 1.76 bits per heavy atom. The first-order valence-corrected chi connectivity index (χ1v) is 6.48. The maximum absolute atomic E-state index is 13.5. The molecule has 0 radical (unpaired) electrons. The Morgan fingerprint density at radius 1 is 1.14 bits per heavy atom. The van der Waals surface area contributed by atoms with Crippen LogP contribution < -0.4 is 11.1 Å². The van der Waals surface area contributed by atoms with Crippen molar-refractivity contribution in [3.05, 3.63) is 58.7 Å². The summed E-state index contributed by atoms with van der Waals surface area (Å²) in [6.07, 6.45) is -0.384. The summed E-state index contributed by atoms with van der Waals surface area (Å²) in [5.41, 5.74) is 8.28. The monoisotopic (exact) mass is 290 g/mol. The standard InChI is InChI=1S/C16H16F2N2O/c1-9-6-7-14(19)16(10(9)2)20-15(21)8-11-12(17)4-3-5-13(11)18/h3-7H,8,19H2,1-2H3,(H,20,21). The van der Waals surface area contributed by atoms with Gasteiger partial charge in [0, 0.05) is 5.56 Å². The maximum atomic E-state index is 13.5. The molecule has 0 fully saturated rings. The Kier molecular flexibility index (Phi) is 4.21. The molecule has 0 aliphatic rings. The third kappa shape index (κ3) is 3.18. The minimum Gasteiger partial charge on any atom is -0.397 e. The van der Waals surface area contributed by atoms with Gasteiger partial charge in [-0.05, 0) is 43.2 Å². The predicted molar refractivity (Wildman–Crippen MR) is 79.0 cm³/mol. The van der Waals surface area contributed by atoms with Crippen LogP contribution in [0.2, 0.25) is 0 Å². The van der Waals surface area contributed by atoms with Gasteiger partial charge in [0.15, 0.2) is 0 Å². The molecule has 2 aromatic rings. The minimum atomic E-state index is -0.737. The second-order valence-corrected chi connectivity index (χ2v) is 4.90. The molecule has 0 spiro atoms. The van der Waals surface area contributed by atoms with E-state index in [1.54, 1.807) is 6.07 Å². The molecule has 21 heavy (non-hydrogen) atoms. The molecule has 0 bridgehead atoms. The summed E-state index contributed by atoms with van der Waals surface area (Å²) < 4.78 is 27.1. The first-order chi connectivity index (χ1) is 9.90. The van der Waals surface area contributed by atoms with E-state index in [2.05, 4.69) is 5.32 Å². The van der Waals surface area contributed by atoms with E-state index in [4.69, 9.17) is 5.73 Å². The molecule has 0 atom stereocenters. The SMILES string of the molecule is Cc1ccc(N)c(NC(=O)Cc2c(F)cccc2F)c1C. The molecule has 0 aromatic heterocycles. The van der Waals surface area contributed by atoms with Crippen LogP contribution in [0, 0.1) is 25.5 Å². The van der Waals surface area contributed by atoms with Gasteiger partial charge in [-0.15, -0.1) is 0 Å². The van der Waals surface area contributed by atoms with Crippen LogP contribution in [-0.2, 0) is 11.2 Å². The summed E-state index contributed by atoms with van der Waals surface area (Å²) in [4.78, 5) is 12.0. The van der Waals surface area contributed by atoms with Crippen molar-refractivity contribution in [3.8, 4) is 0 Å². The first-order valence-electron chi connectivity index (χ1n) is 6.48. The molecule has 1 amide bonds. The number of hydrogen-bond acceptors (Lipinski definition) is 2. The van der Waals surface area contributed by atoms with Crippen molar-refractivity contribution in [1.82, 2.24) is 0 Å². The lowest BCUT2D eigenvalue weighted by atomic mass is 10.1. The lowest BCUT2D eigenvalue weighted by Gasteiger charge is -2.13. The highest BCUT2D eigenvalue weighted by Gasteiger charge is 2.15. The van der Waals surface area contributed by atoms with Crippen LogP contribution >= 0.6 is 0 Å². The third-order valence-corrected chi connectivity index (χ3v) is 3.43. The van der Waals surface area contributed by atoms with Crippen molar-refractivity contribution in [2.75, 3.05) is 11.1 Å². The van der Waals surface area contributed by atoms with Crippen molar-refractivity contribution in [1.29, 1.82) is 0 Å². The van der Waals surface area contributed by atoms with E-state index in [1.165, 1.54) is 6.07 Å². The van der Waals surface area contributed by atoms with Gasteiger partial charge in [0.05, 0.1) is 17.8 Å². The highest BCUT2D eigenvalue weighted by atomic mass is 19.1. The Labute approximate surface area is 121 Å². The lowest BCUT2D eigenvalue weighted by molar-refractivity contribution is -0.115. The smallest absolute Gasteiger partial charge is 0.229 e. The Bertz CT molecular complexity index is 679. The van der Waals surface area contributed by atoms with Crippen LogP contribution in [0.4, 0.5) is 20.2 Å². The van der Waals surface area contributed by atoms with Gasteiger partial charge in [-0.2, -0.15) is 0 Å². The molecule has 0 aliphatic carbocycles. The number of nitrogen functional groups attached to an aromatic ring is 1. The second kappa shape index (κ2) is 5.91. The van der Waals surface area contributed by atoms with Gasteiger partial charge in [0.1, 0.15) is 11.6 Å². The van der Waals surface area contributed by atoms with Crippen LogP contribution in [0.1, 0.15) is 16.7 Å². The van der Waals surface area contributed by atoms with Crippen LogP contribution in [0.25, 0.3) is 0 Å². The van der Waals surface area contributed by atoms with E-state index in [1.807, 2.05) is 19.9 Å². The maximum Gasteiger partial charge on any atom is 0.229 e. The Morgan fingerprint density at radius 3 is 2.38 bits per heavy atom. The fourth-order valence-corrected chi connectivity index (χ4v) is 2.05. The van der Waals surface area contributed by atoms with Gasteiger partial charge >= 0.3 is 0 Å². The zero-order valence-electron chi connectivity index (χ0n) is 11.8. The summed E-state index contributed by atoms with van der Waals surface area (Å²) in [5.74, 6) is -1.99. The fraction of sp³-hybridized carbons (Fsp3) is 0.188. The summed E-state index contributed by atoms with van der Waals surface area (Å²) in [5, 5.41) is 2.62. The summed E-state index contributed by atoms with van der Waals surface area (Å²) in [6.45, 7) is 3.71. The number of aryl methyl sites for hydroxylation is 1. The van der Waals surface area contributed by atoms with Crippen molar-refractivity contribution in [3.63, 3.8) is 0 Å². The number of amides is 1. The molecule has 110 valence electrons. The lowest BCUT2D eigenvalue weighted by Crippen LogP contribution is -2.18. The van der Waals surface area contributed by atoms with Crippen LogP contribution in [0.5, 0.6) is 0 Å². The molecule has 2 aromatic carbocycles. The Balaban J connectivity index is 2.22. The zero-order chi connectivity index (χ0) is 15.6. The molecule has 0 aliphatic heterocycles. The van der Waals surface area contributed by atoms with E-state index in [0.29, 0.717) is 11.4 Å². The third-order valence-electron chi connectivity index (χ3n) is 3.43. The Hall–Kier alpha value is -2.43. The molecule has 3 N–H and O–H groups in total. The molecule has 2 rings (SSSR count). The predicted octanol–water partition coefficient (Wildman–Crippen LogP) is 3.35. The summed E-state index contributed by atoms with van der Waals surface area (Å²) in [6, 6.07) is 7.03. The normalized spacial score (nSPS) is 10.5. The number of anilines is 2. The number of carbonyl (C=O) groups is 1. The molecule has 0 heterocycles. The number of rotatable bonds is 3. The quantitative estimate of drug-likeness (QED) is 0.852. The van der Waals surface area contributed by atoms with E-state index in [9.17, 15) is 13.6 Å². The van der Waals surface area contributed by atoms with E-state index >= 15 is 0 Å². The van der Waals surface area contributed by atoms with Crippen LogP contribution in [-0.4, -0.2) is 5.91 Å². The average Bonchev–Trinajstić information content (AvgIpc) is 2.43. The van der Waals surface area contributed by atoms with Gasteiger partial charge in [-0.1, -0.05) is 12.1 Å². The van der Waals surface area contributed by atoms with Crippen LogP contribution in [0.3, 0.4) is 0 Å². The van der Waals surface area contributed by atoms with Crippen molar-refractivity contribution in [2.45, 2.75) is 20.3 Å². The van der Waals surface area contributed by atoms with Gasteiger partial charge < -0.3 is 11.1 Å². The number of hydrogen-bond donors (Lipinski definition) is 2. The number of benzene rings is 2. The number of nitrogens with two attached hydrogens (primary N) is 1. The highest BCUT2D eigenvalue weighted by molar-refractivity contribution is 5.96. The zero-order valence-corrected chi connectivity index (χ0v) is 11.8. The van der Waals surface area contributed by atoms with E-state index in [-0.39, 0.29) is 12.0 Å². The molecular formula is C16H16F2N2O. The summed E-state index contributed by atoms with van der Waals surface area (Å²) >= 11 is 0. The van der Waals surface area contributed by atoms with Crippen molar-refractivity contribution < 1.29 is 13.6 Å². The van der Waals surface area contributed by atoms with Gasteiger partial charge in [-0.25, -0.2) is 8.78 Å². The fourth-order valence-electron chi connectivity index (χ4n) is 2.05. The minimum absolute atomic E-state index is 0.251. The van der Waals surface area contributed by atoms with E-state index in [0.717, 1.165) is 23.3 Å². The van der Waals surface area contributed by atoms with Gasteiger partial charge in [-0.3, -0.25) is 4.79 Å². The molecule has 0 saturated carbocycles. The molecule has 0 saturated heterocycles. The number of nitrogens with one attached hydrogen (secondary N) is 1. The number of halogens is 2. The largest absolute Gasteiger partial charge is 0.397 e. The molecule has 3 nitrogen and oxygen atoms in total. The highest BCUT2D eigenvalue weighted by Crippen LogP contribution is 2.26. The molecular weight excluding hydrogens is 274 g/mol. The van der Waals surface area contributed by atoms with Crippen molar-refractivity contribution in [2.24, 2.45) is 0 Å². The first kappa shape index (κ1) is 15.0. The second-order valence-electron chi connectivity index (χ2n) is 4.90. The summed E-state index contributed by atoms with van der Waals surface area (Å²) in [7, 11) is 0. The van der Waals surface area contributed by atoms with E-state index < -0.39 is 17.5 Å². The van der Waals surface area contributed by atoms with Crippen LogP contribution in [0.15, 0.2) is 30.3 Å². The average molecular weight is 290 g/mol.